The lowest BCUT2D eigenvalue weighted by atomic mass is 10.1. The Labute approximate surface area is 138 Å². The molecule has 0 saturated carbocycles. The third-order valence-electron chi connectivity index (χ3n) is 4.13. The summed E-state index contributed by atoms with van der Waals surface area (Å²) in [5.41, 5.74) is 3.26. The molecule has 0 unspecified atom stereocenters. The van der Waals surface area contributed by atoms with Gasteiger partial charge in [-0.25, -0.2) is 4.68 Å². The summed E-state index contributed by atoms with van der Waals surface area (Å²) in [7, 11) is 1.85. The Hall–Kier alpha value is -2.34. The monoisotopic (exact) mass is 329 g/mol. The van der Waals surface area contributed by atoms with Gasteiger partial charge in [-0.05, 0) is 30.0 Å². The lowest BCUT2D eigenvalue weighted by Gasteiger charge is -2.11. The maximum atomic E-state index is 6.27. The Kier molecular flexibility index (Phi) is 3.53. The molecular formula is C16H16ClN5O. The van der Waals surface area contributed by atoms with Crippen molar-refractivity contribution >= 4 is 11.6 Å². The summed E-state index contributed by atoms with van der Waals surface area (Å²) in [6, 6.07) is 6.25. The number of ether oxygens (including phenoxy) is 1. The zero-order valence-electron chi connectivity index (χ0n) is 12.7. The number of aromatic nitrogens is 5. The maximum Gasteiger partial charge on any atom is 0.157 e. The predicted molar refractivity (Wildman–Crippen MR) is 85.5 cm³/mol. The van der Waals surface area contributed by atoms with Crippen LogP contribution in [-0.4, -0.2) is 24.8 Å². The van der Waals surface area contributed by atoms with Crippen LogP contribution in [0.5, 0.6) is 5.75 Å². The van der Waals surface area contributed by atoms with Gasteiger partial charge < -0.3 is 4.74 Å². The Morgan fingerprint density at radius 1 is 1.35 bits per heavy atom. The van der Waals surface area contributed by atoms with Crippen molar-refractivity contribution < 1.29 is 4.74 Å². The fourth-order valence-corrected chi connectivity index (χ4v) is 3.30. The molecule has 0 saturated heterocycles. The average molecular weight is 330 g/mol. The lowest BCUT2D eigenvalue weighted by molar-refractivity contribution is 0.301. The molecule has 6 nitrogen and oxygen atoms in total. The van der Waals surface area contributed by atoms with Crippen molar-refractivity contribution in [3.05, 3.63) is 58.6 Å². The van der Waals surface area contributed by atoms with Crippen LogP contribution >= 0.6 is 11.6 Å². The molecule has 2 heterocycles. The summed E-state index contributed by atoms with van der Waals surface area (Å²) >= 11 is 6.27. The van der Waals surface area contributed by atoms with Gasteiger partial charge in [-0.1, -0.05) is 28.9 Å². The van der Waals surface area contributed by atoms with Crippen LogP contribution < -0.4 is 4.74 Å². The molecule has 118 valence electrons. The molecule has 0 N–H and O–H groups in total. The number of benzene rings is 1. The van der Waals surface area contributed by atoms with Crippen molar-refractivity contribution in [3.8, 4) is 5.75 Å². The summed E-state index contributed by atoms with van der Waals surface area (Å²) < 4.78 is 9.26. The molecule has 0 fully saturated rings. The predicted octanol–water partition coefficient (Wildman–Crippen LogP) is 2.78. The van der Waals surface area contributed by atoms with E-state index in [2.05, 4.69) is 21.5 Å². The van der Waals surface area contributed by atoms with E-state index in [-0.39, 0.29) is 6.04 Å². The van der Waals surface area contributed by atoms with Gasteiger partial charge in [0.1, 0.15) is 12.3 Å². The second kappa shape index (κ2) is 5.70. The first-order valence-corrected chi connectivity index (χ1v) is 7.88. The topological polar surface area (TPSA) is 57.8 Å². The van der Waals surface area contributed by atoms with E-state index in [1.807, 2.05) is 36.3 Å². The van der Waals surface area contributed by atoms with Gasteiger partial charge in [0.25, 0.3) is 0 Å². The molecule has 1 aliphatic carbocycles. The Morgan fingerprint density at radius 2 is 2.26 bits per heavy atom. The van der Waals surface area contributed by atoms with Crippen LogP contribution in [0.25, 0.3) is 0 Å². The minimum absolute atomic E-state index is 0.198. The summed E-state index contributed by atoms with van der Waals surface area (Å²) in [6.07, 6.45) is 7.41. The zero-order chi connectivity index (χ0) is 15.8. The molecule has 2 aromatic heterocycles. The highest BCUT2D eigenvalue weighted by Crippen LogP contribution is 2.37. The number of rotatable bonds is 4. The van der Waals surface area contributed by atoms with Gasteiger partial charge in [-0.3, -0.25) is 4.68 Å². The van der Waals surface area contributed by atoms with E-state index in [9.17, 15) is 0 Å². The van der Waals surface area contributed by atoms with Gasteiger partial charge in [-0.2, -0.15) is 5.10 Å². The van der Waals surface area contributed by atoms with E-state index in [1.54, 1.807) is 10.9 Å². The van der Waals surface area contributed by atoms with E-state index in [0.29, 0.717) is 6.61 Å². The van der Waals surface area contributed by atoms with Gasteiger partial charge in [-0.15, -0.1) is 5.10 Å². The molecule has 7 heteroatoms. The van der Waals surface area contributed by atoms with Gasteiger partial charge in [0.05, 0.1) is 24.6 Å². The smallest absolute Gasteiger partial charge is 0.157 e. The van der Waals surface area contributed by atoms with Crippen molar-refractivity contribution in [2.24, 2.45) is 7.05 Å². The number of fused-ring (bicyclic) bond motifs is 1. The van der Waals surface area contributed by atoms with Crippen molar-refractivity contribution in [2.45, 2.75) is 25.5 Å². The highest BCUT2D eigenvalue weighted by Gasteiger charge is 2.26. The van der Waals surface area contributed by atoms with Gasteiger partial charge in [0.2, 0.25) is 0 Å². The number of aryl methyl sites for hydroxylation is 1. The van der Waals surface area contributed by atoms with Gasteiger partial charge in [0.15, 0.2) is 5.75 Å². The molecule has 0 amide bonds. The summed E-state index contributed by atoms with van der Waals surface area (Å²) in [5, 5.41) is 13.4. The molecular weight excluding hydrogens is 314 g/mol. The molecule has 1 aromatic carbocycles. The third-order valence-corrected chi connectivity index (χ3v) is 4.48. The second-order valence-electron chi connectivity index (χ2n) is 5.69. The summed E-state index contributed by atoms with van der Waals surface area (Å²) in [6.45, 7) is 0.376. The van der Waals surface area contributed by atoms with Crippen LogP contribution in [0.3, 0.4) is 0 Å². The zero-order valence-corrected chi connectivity index (χ0v) is 13.4. The first kappa shape index (κ1) is 14.3. The van der Waals surface area contributed by atoms with E-state index in [0.717, 1.165) is 29.3 Å². The normalized spacial score (nSPS) is 16.5. The molecule has 0 spiro atoms. The largest absolute Gasteiger partial charge is 0.484 e. The number of hydrogen-bond donors (Lipinski definition) is 0. The minimum Gasteiger partial charge on any atom is -0.484 e. The average Bonchev–Trinajstić information content (AvgIpc) is 3.24. The summed E-state index contributed by atoms with van der Waals surface area (Å²) in [4.78, 5) is 0. The highest BCUT2D eigenvalue weighted by atomic mass is 35.5. The lowest BCUT2D eigenvalue weighted by Crippen LogP contribution is -2.08. The Bertz CT molecular complexity index is 841. The van der Waals surface area contributed by atoms with E-state index in [4.69, 9.17) is 16.3 Å². The second-order valence-corrected chi connectivity index (χ2v) is 6.10. The van der Waals surface area contributed by atoms with Crippen molar-refractivity contribution in [1.82, 2.24) is 24.8 Å². The fraction of sp³-hybridized carbons (Fsp3) is 0.312. The number of hydrogen-bond acceptors (Lipinski definition) is 4. The number of nitrogens with zero attached hydrogens (tertiary/aromatic N) is 5. The van der Waals surface area contributed by atoms with Crippen LogP contribution in [-0.2, 0) is 20.1 Å². The van der Waals surface area contributed by atoms with E-state index >= 15 is 0 Å². The molecule has 1 aliphatic rings. The van der Waals surface area contributed by atoms with Crippen LogP contribution in [0.2, 0.25) is 5.02 Å². The quantitative estimate of drug-likeness (QED) is 0.738. The number of halogens is 1. The first-order chi connectivity index (χ1) is 11.2. The first-order valence-electron chi connectivity index (χ1n) is 7.50. The van der Waals surface area contributed by atoms with Crippen molar-refractivity contribution in [1.29, 1.82) is 0 Å². The van der Waals surface area contributed by atoms with Crippen molar-refractivity contribution in [2.75, 3.05) is 0 Å². The molecule has 0 radical (unpaired) electrons. The fourth-order valence-electron chi connectivity index (χ4n) is 3.03. The highest BCUT2D eigenvalue weighted by molar-refractivity contribution is 6.31. The standard InChI is InChI=1S/C16H16ClN5O/c1-21-9-12(7-18-21)23-10-11-8-22(20-19-11)16-6-5-13-14(16)3-2-4-15(13)17/h2-4,7-9,16H,5-6,10H2,1H3/t16-/m0/s1. The maximum absolute atomic E-state index is 6.27. The molecule has 3 aromatic rings. The SMILES string of the molecule is Cn1cc(OCc2cn([C@H]3CCc4c(Cl)cccc43)nn2)cn1. The molecule has 0 bridgehead atoms. The molecule has 1 atom stereocenters. The Morgan fingerprint density at radius 3 is 3.09 bits per heavy atom. The van der Waals surface area contributed by atoms with Crippen LogP contribution in [0.1, 0.15) is 29.3 Å². The van der Waals surface area contributed by atoms with Gasteiger partial charge in [0, 0.05) is 12.1 Å². The molecule has 4 rings (SSSR count). The minimum atomic E-state index is 0.198. The van der Waals surface area contributed by atoms with Gasteiger partial charge >= 0.3 is 0 Å². The van der Waals surface area contributed by atoms with Crippen LogP contribution in [0.4, 0.5) is 0 Å². The van der Waals surface area contributed by atoms with Crippen molar-refractivity contribution in [3.63, 3.8) is 0 Å². The molecule has 0 aliphatic heterocycles. The van der Waals surface area contributed by atoms with E-state index in [1.165, 1.54) is 11.1 Å². The third kappa shape index (κ3) is 2.70. The van der Waals surface area contributed by atoms with Crippen LogP contribution in [0.15, 0.2) is 36.8 Å². The Balaban J connectivity index is 1.50. The molecule has 23 heavy (non-hydrogen) atoms. The van der Waals surface area contributed by atoms with Crippen LogP contribution in [0, 0.1) is 0 Å². The van der Waals surface area contributed by atoms with E-state index < -0.39 is 0 Å². The summed E-state index contributed by atoms with van der Waals surface area (Å²) in [5.74, 6) is 0.722.